The molecular formula is C32H30ClFN4O4S. The minimum atomic E-state index is -3.99. The fourth-order valence-electron chi connectivity index (χ4n) is 4.86. The zero-order valence-corrected chi connectivity index (χ0v) is 24.8. The summed E-state index contributed by atoms with van der Waals surface area (Å²) in [7, 11) is -3.99. The van der Waals surface area contributed by atoms with Crippen LogP contribution in [0, 0.1) is 5.82 Å². The molecule has 0 bridgehead atoms. The van der Waals surface area contributed by atoms with Crippen LogP contribution in [0.1, 0.15) is 15.9 Å². The van der Waals surface area contributed by atoms with Crippen molar-refractivity contribution in [2.24, 2.45) is 0 Å². The molecule has 1 aliphatic rings. The maximum absolute atomic E-state index is 13.5. The predicted octanol–water partition coefficient (Wildman–Crippen LogP) is 5.27. The van der Waals surface area contributed by atoms with Gasteiger partial charge < -0.3 is 15.1 Å². The van der Waals surface area contributed by atoms with E-state index in [2.05, 4.69) is 10.2 Å². The Kier molecular flexibility index (Phi) is 9.40. The molecule has 222 valence electrons. The van der Waals surface area contributed by atoms with Gasteiger partial charge in [0.1, 0.15) is 5.82 Å². The van der Waals surface area contributed by atoms with Crippen LogP contribution in [0.3, 0.4) is 0 Å². The van der Waals surface area contributed by atoms with E-state index in [9.17, 15) is 22.4 Å². The van der Waals surface area contributed by atoms with E-state index in [1.54, 1.807) is 35.2 Å². The molecule has 43 heavy (non-hydrogen) atoms. The van der Waals surface area contributed by atoms with Gasteiger partial charge in [0.2, 0.25) is 15.9 Å². The van der Waals surface area contributed by atoms with Crippen molar-refractivity contribution < 1.29 is 22.4 Å². The number of anilines is 2. The smallest absolute Gasteiger partial charge is 0.254 e. The molecule has 0 spiro atoms. The molecule has 5 rings (SSSR count). The summed E-state index contributed by atoms with van der Waals surface area (Å²) in [6.07, 6.45) is 0. The molecule has 0 saturated carbocycles. The van der Waals surface area contributed by atoms with E-state index in [-0.39, 0.29) is 23.9 Å². The van der Waals surface area contributed by atoms with Crippen molar-refractivity contribution in [3.05, 3.63) is 125 Å². The average molecular weight is 621 g/mol. The normalized spacial score (nSPS) is 13.7. The highest BCUT2D eigenvalue weighted by molar-refractivity contribution is 7.89. The Balaban J connectivity index is 1.21. The lowest BCUT2D eigenvalue weighted by molar-refractivity contribution is -0.116. The number of carbonyl (C=O) groups is 2. The number of hydrogen-bond acceptors (Lipinski definition) is 5. The lowest BCUT2D eigenvalue weighted by Gasteiger charge is -2.36. The molecule has 2 amide bonds. The number of amides is 2. The standard InChI is InChI=1S/C32H30ClFN4O4S/c33-26-9-15-30(16-10-26)43(41,42)38(22-24-5-2-1-3-6-24)23-31(39)35-28-11-13-29(14-12-28)36-17-19-37(20-18-36)32(40)25-7-4-8-27(34)21-25/h1-16,21H,17-20,22-23H2,(H,35,39). The third-order valence-electron chi connectivity index (χ3n) is 7.13. The van der Waals surface area contributed by atoms with Gasteiger partial charge in [-0.05, 0) is 72.3 Å². The fourth-order valence-corrected chi connectivity index (χ4v) is 6.37. The van der Waals surface area contributed by atoms with Crippen molar-refractivity contribution in [1.82, 2.24) is 9.21 Å². The highest BCUT2D eigenvalue weighted by Crippen LogP contribution is 2.23. The minimum Gasteiger partial charge on any atom is -0.368 e. The molecule has 1 fully saturated rings. The summed E-state index contributed by atoms with van der Waals surface area (Å²) in [4.78, 5) is 29.7. The van der Waals surface area contributed by atoms with E-state index in [4.69, 9.17) is 11.6 Å². The van der Waals surface area contributed by atoms with E-state index in [0.717, 1.165) is 15.6 Å². The monoisotopic (exact) mass is 620 g/mol. The van der Waals surface area contributed by atoms with Crippen LogP contribution < -0.4 is 10.2 Å². The first-order valence-electron chi connectivity index (χ1n) is 13.7. The number of halogens is 2. The molecule has 1 N–H and O–H groups in total. The van der Waals surface area contributed by atoms with E-state index in [1.165, 1.54) is 42.5 Å². The van der Waals surface area contributed by atoms with Gasteiger partial charge in [-0.2, -0.15) is 4.31 Å². The number of nitrogens with one attached hydrogen (secondary N) is 1. The summed E-state index contributed by atoms with van der Waals surface area (Å²) >= 11 is 5.95. The van der Waals surface area contributed by atoms with Crippen molar-refractivity contribution in [2.45, 2.75) is 11.4 Å². The Hall–Kier alpha value is -4.25. The summed E-state index contributed by atoms with van der Waals surface area (Å²) in [6, 6.07) is 27.8. The van der Waals surface area contributed by atoms with Crippen LogP contribution in [0.25, 0.3) is 0 Å². The second-order valence-electron chi connectivity index (χ2n) is 10.1. The van der Waals surface area contributed by atoms with Crippen molar-refractivity contribution in [1.29, 1.82) is 0 Å². The molecule has 1 aliphatic heterocycles. The van der Waals surface area contributed by atoms with Crippen molar-refractivity contribution >= 4 is 44.8 Å². The number of benzene rings is 4. The summed E-state index contributed by atoms with van der Waals surface area (Å²) < 4.78 is 41.6. The lowest BCUT2D eigenvalue weighted by Crippen LogP contribution is -2.48. The molecule has 4 aromatic carbocycles. The lowest BCUT2D eigenvalue weighted by atomic mass is 10.1. The van der Waals surface area contributed by atoms with Crippen molar-refractivity contribution in [2.75, 3.05) is 42.9 Å². The molecule has 0 aromatic heterocycles. The van der Waals surface area contributed by atoms with Crippen LogP contribution >= 0.6 is 11.6 Å². The summed E-state index contributed by atoms with van der Waals surface area (Å²) in [5.41, 5.74) is 2.52. The predicted molar refractivity (Wildman–Crippen MR) is 165 cm³/mol. The van der Waals surface area contributed by atoms with Crippen LogP contribution in [-0.2, 0) is 21.4 Å². The summed E-state index contributed by atoms with van der Waals surface area (Å²) in [5, 5.41) is 3.21. The van der Waals surface area contributed by atoms with Crippen molar-refractivity contribution in [3.8, 4) is 0 Å². The van der Waals surface area contributed by atoms with Gasteiger partial charge in [0.05, 0.1) is 11.4 Å². The molecule has 0 radical (unpaired) electrons. The number of carbonyl (C=O) groups excluding carboxylic acids is 2. The second kappa shape index (κ2) is 13.4. The zero-order chi connectivity index (χ0) is 30.4. The molecule has 1 saturated heterocycles. The Bertz CT molecular complexity index is 1680. The topological polar surface area (TPSA) is 90.0 Å². The first-order chi connectivity index (χ1) is 20.7. The average Bonchev–Trinajstić information content (AvgIpc) is 3.01. The van der Waals surface area contributed by atoms with E-state index < -0.39 is 21.7 Å². The molecule has 0 unspecified atom stereocenters. The highest BCUT2D eigenvalue weighted by atomic mass is 35.5. The Morgan fingerprint density at radius 3 is 2.16 bits per heavy atom. The minimum absolute atomic E-state index is 0.0197. The van der Waals surface area contributed by atoms with Gasteiger partial charge in [-0.3, -0.25) is 9.59 Å². The molecular weight excluding hydrogens is 591 g/mol. The molecule has 4 aromatic rings. The summed E-state index contributed by atoms with van der Waals surface area (Å²) in [6.45, 7) is 1.82. The van der Waals surface area contributed by atoms with E-state index >= 15 is 0 Å². The fraction of sp³-hybridized carbons (Fsp3) is 0.188. The van der Waals surface area contributed by atoms with Gasteiger partial charge in [-0.15, -0.1) is 0 Å². The molecule has 8 nitrogen and oxygen atoms in total. The number of rotatable bonds is 9. The van der Waals surface area contributed by atoms with Crippen molar-refractivity contribution in [3.63, 3.8) is 0 Å². The largest absolute Gasteiger partial charge is 0.368 e. The first-order valence-corrected chi connectivity index (χ1v) is 15.5. The molecule has 0 aliphatic carbocycles. The van der Waals surface area contributed by atoms with Gasteiger partial charge in [0.15, 0.2) is 0 Å². The van der Waals surface area contributed by atoms with Crippen LogP contribution in [0.2, 0.25) is 5.02 Å². The van der Waals surface area contributed by atoms with Crippen LogP contribution in [0.5, 0.6) is 0 Å². The number of piperazine rings is 1. The zero-order valence-electron chi connectivity index (χ0n) is 23.2. The van der Waals surface area contributed by atoms with Gasteiger partial charge in [-0.1, -0.05) is 48.0 Å². The van der Waals surface area contributed by atoms with Crippen LogP contribution in [-0.4, -0.2) is 62.2 Å². The molecule has 1 heterocycles. The third-order valence-corrected chi connectivity index (χ3v) is 9.19. The number of sulfonamides is 1. The van der Waals surface area contributed by atoms with Crippen LogP contribution in [0.15, 0.2) is 108 Å². The SMILES string of the molecule is O=C(CN(Cc1ccccc1)S(=O)(=O)c1ccc(Cl)cc1)Nc1ccc(N2CCN(C(=O)c3cccc(F)c3)CC2)cc1. The van der Waals surface area contributed by atoms with Crippen LogP contribution in [0.4, 0.5) is 15.8 Å². The molecule has 11 heteroatoms. The summed E-state index contributed by atoms with van der Waals surface area (Å²) in [5.74, 6) is -1.12. The maximum Gasteiger partial charge on any atom is 0.254 e. The number of hydrogen-bond donors (Lipinski definition) is 1. The van der Waals surface area contributed by atoms with Gasteiger partial charge in [-0.25, -0.2) is 12.8 Å². The highest BCUT2D eigenvalue weighted by Gasteiger charge is 2.27. The Morgan fingerprint density at radius 1 is 0.837 bits per heavy atom. The Labute approximate surface area is 255 Å². The first kappa shape index (κ1) is 30.2. The quantitative estimate of drug-likeness (QED) is 0.275. The van der Waals surface area contributed by atoms with Gasteiger partial charge >= 0.3 is 0 Å². The Morgan fingerprint density at radius 2 is 1.51 bits per heavy atom. The van der Waals surface area contributed by atoms with Gasteiger partial charge in [0.25, 0.3) is 5.91 Å². The van der Waals surface area contributed by atoms with E-state index in [0.29, 0.717) is 42.5 Å². The second-order valence-corrected chi connectivity index (χ2v) is 12.5. The van der Waals surface area contributed by atoms with E-state index in [1.807, 2.05) is 30.3 Å². The molecule has 0 atom stereocenters. The maximum atomic E-state index is 13.5. The number of nitrogens with zero attached hydrogens (tertiary/aromatic N) is 3. The van der Waals surface area contributed by atoms with Gasteiger partial charge in [0, 0.05) is 54.7 Å². The third kappa shape index (κ3) is 7.59.